The highest BCUT2D eigenvalue weighted by molar-refractivity contribution is 9.10. The third kappa shape index (κ3) is 5.27. The van der Waals surface area contributed by atoms with Gasteiger partial charge >= 0.3 is 12.1 Å². The van der Waals surface area contributed by atoms with Crippen molar-refractivity contribution in [3.8, 4) is 0 Å². The summed E-state index contributed by atoms with van der Waals surface area (Å²) >= 11 is 3.42. The number of hydrogen-bond acceptors (Lipinski definition) is 5. The lowest BCUT2D eigenvalue weighted by molar-refractivity contribution is -0.146. The molecule has 0 N–H and O–H groups in total. The van der Waals surface area contributed by atoms with Crippen molar-refractivity contribution in [1.82, 2.24) is 4.90 Å². The van der Waals surface area contributed by atoms with Crippen molar-refractivity contribution in [3.05, 3.63) is 58.1 Å². The summed E-state index contributed by atoms with van der Waals surface area (Å²) in [5, 5.41) is 1.92. The molecule has 0 radical (unpaired) electrons. The number of rotatable bonds is 4. The number of carbonyl (C=O) groups excluding carboxylic acids is 3. The van der Waals surface area contributed by atoms with E-state index in [1.807, 2.05) is 31.2 Å². The van der Waals surface area contributed by atoms with Crippen molar-refractivity contribution in [1.29, 1.82) is 0 Å². The molecule has 1 atom stereocenters. The third-order valence-corrected chi connectivity index (χ3v) is 5.03. The van der Waals surface area contributed by atoms with Crippen LogP contribution in [0.4, 0.5) is 4.79 Å². The van der Waals surface area contributed by atoms with Gasteiger partial charge in [-0.2, -0.15) is 0 Å². The molecular formula is C23H24BrNO5. The van der Waals surface area contributed by atoms with Crippen LogP contribution in [-0.2, 0) is 14.3 Å². The van der Waals surface area contributed by atoms with Crippen molar-refractivity contribution in [2.24, 2.45) is 0 Å². The van der Waals surface area contributed by atoms with Gasteiger partial charge in [0.2, 0.25) is 0 Å². The molecule has 6 nitrogen and oxygen atoms in total. The first-order chi connectivity index (χ1) is 14.0. The molecule has 0 fully saturated rings. The first-order valence-corrected chi connectivity index (χ1v) is 10.4. The van der Waals surface area contributed by atoms with E-state index in [0.717, 1.165) is 20.8 Å². The summed E-state index contributed by atoms with van der Waals surface area (Å²) in [4.78, 5) is 38.8. The number of halogens is 1. The summed E-state index contributed by atoms with van der Waals surface area (Å²) in [5.41, 5.74) is 0.638. The number of hydrogen-bond donors (Lipinski definition) is 0. The van der Waals surface area contributed by atoms with Crippen LogP contribution in [0.15, 0.2) is 52.5 Å². The molecule has 3 rings (SSSR count). The van der Waals surface area contributed by atoms with Gasteiger partial charge in [0.15, 0.2) is 18.4 Å². The standard InChI is InChI=1S/C23H24BrNO5/c1-14-9-19(25(12-14)22(28)30-23(2,3)4)21(27)29-13-20(26)17-6-5-16-11-18(24)8-7-15(16)10-17/h5-11,19H,12-13H2,1-4H3. The minimum absolute atomic E-state index is 0.281. The second-order valence-corrected chi connectivity index (χ2v) is 9.22. The highest BCUT2D eigenvalue weighted by atomic mass is 79.9. The number of ether oxygens (including phenoxy) is 2. The Morgan fingerprint density at radius 3 is 2.47 bits per heavy atom. The van der Waals surface area contributed by atoms with Gasteiger partial charge in [-0.05, 0) is 56.7 Å². The van der Waals surface area contributed by atoms with Crippen LogP contribution in [0.5, 0.6) is 0 Å². The fraction of sp³-hybridized carbons (Fsp3) is 0.348. The van der Waals surface area contributed by atoms with Crippen LogP contribution in [0.1, 0.15) is 38.1 Å². The number of esters is 1. The van der Waals surface area contributed by atoms with E-state index >= 15 is 0 Å². The molecule has 7 heteroatoms. The van der Waals surface area contributed by atoms with Crippen LogP contribution < -0.4 is 0 Å². The van der Waals surface area contributed by atoms with E-state index in [2.05, 4.69) is 15.9 Å². The Morgan fingerprint density at radius 1 is 1.10 bits per heavy atom. The molecule has 0 spiro atoms. The summed E-state index contributed by atoms with van der Waals surface area (Å²) in [5.74, 6) is -0.966. The van der Waals surface area contributed by atoms with Crippen LogP contribution in [0, 0.1) is 0 Å². The van der Waals surface area contributed by atoms with Crippen molar-refractivity contribution < 1.29 is 23.9 Å². The minimum atomic E-state index is -0.901. The van der Waals surface area contributed by atoms with Gasteiger partial charge in [0.05, 0.1) is 0 Å². The monoisotopic (exact) mass is 473 g/mol. The molecule has 0 bridgehead atoms. The summed E-state index contributed by atoms with van der Waals surface area (Å²) in [6.07, 6.45) is 1.06. The number of Topliss-reactive ketones (excluding diaryl/α,β-unsaturated/α-hetero) is 1. The molecule has 0 aliphatic carbocycles. The maximum atomic E-state index is 12.6. The average Bonchev–Trinajstić information content (AvgIpc) is 3.06. The van der Waals surface area contributed by atoms with Crippen molar-refractivity contribution in [2.75, 3.05) is 13.2 Å². The molecular weight excluding hydrogens is 450 g/mol. The zero-order valence-corrected chi connectivity index (χ0v) is 19.0. The predicted octanol–water partition coefficient (Wildman–Crippen LogP) is 4.89. The molecule has 0 aromatic heterocycles. The predicted molar refractivity (Wildman–Crippen MR) is 117 cm³/mol. The Balaban J connectivity index is 1.65. The van der Waals surface area contributed by atoms with E-state index in [4.69, 9.17) is 9.47 Å². The molecule has 1 aliphatic heterocycles. The summed E-state index contributed by atoms with van der Waals surface area (Å²) in [6.45, 7) is 6.99. The fourth-order valence-corrected chi connectivity index (χ4v) is 3.55. The lowest BCUT2D eigenvalue weighted by Crippen LogP contribution is -2.44. The number of benzene rings is 2. The molecule has 2 aromatic rings. The van der Waals surface area contributed by atoms with Crippen LogP contribution in [0.25, 0.3) is 10.8 Å². The number of amides is 1. The van der Waals surface area contributed by atoms with Crippen molar-refractivity contribution >= 4 is 44.5 Å². The molecule has 158 valence electrons. The van der Waals surface area contributed by atoms with Crippen molar-refractivity contribution in [3.63, 3.8) is 0 Å². The largest absolute Gasteiger partial charge is 0.456 e. The van der Waals surface area contributed by atoms with E-state index in [0.29, 0.717) is 5.56 Å². The SMILES string of the molecule is CC1=CC(C(=O)OCC(=O)c2ccc3cc(Br)ccc3c2)N(C(=O)OC(C)(C)C)C1. The van der Waals surface area contributed by atoms with Gasteiger partial charge in [-0.3, -0.25) is 9.69 Å². The van der Waals surface area contributed by atoms with Gasteiger partial charge in [0.25, 0.3) is 0 Å². The molecule has 30 heavy (non-hydrogen) atoms. The lowest BCUT2D eigenvalue weighted by Gasteiger charge is -2.27. The summed E-state index contributed by atoms with van der Waals surface area (Å²) in [6, 6.07) is 10.2. The van der Waals surface area contributed by atoms with E-state index in [9.17, 15) is 14.4 Å². The molecule has 1 unspecified atom stereocenters. The van der Waals surface area contributed by atoms with Gasteiger partial charge in [-0.25, -0.2) is 9.59 Å². The third-order valence-electron chi connectivity index (χ3n) is 4.54. The van der Waals surface area contributed by atoms with Crippen LogP contribution >= 0.6 is 15.9 Å². The van der Waals surface area contributed by atoms with Gasteiger partial charge in [0, 0.05) is 16.6 Å². The van der Waals surface area contributed by atoms with Gasteiger partial charge in [0.1, 0.15) is 5.60 Å². The zero-order valence-electron chi connectivity index (χ0n) is 17.4. The van der Waals surface area contributed by atoms with E-state index in [1.54, 1.807) is 39.0 Å². The Labute approximate surface area is 184 Å². The number of ketones is 1. The summed E-state index contributed by atoms with van der Waals surface area (Å²) < 4.78 is 11.6. The van der Waals surface area contributed by atoms with Crippen molar-refractivity contribution in [2.45, 2.75) is 39.3 Å². The van der Waals surface area contributed by atoms with E-state index in [1.165, 1.54) is 4.90 Å². The minimum Gasteiger partial charge on any atom is -0.456 e. The Morgan fingerprint density at radius 2 is 1.77 bits per heavy atom. The maximum Gasteiger partial charge on any atom is 0.411 e. The molecule has 2 aromatic carbocycles. The lowest BCUT2D eigenvalue weighted by atomic mass is 10.0. The average molecular weight is 474 g/mol. The van der Waals surface area contributed by atoms with Crippen LogP contribution in [0.3, 0.4) is 0 Å². The Hall–Kier alpha value is -2.67. The molecule has 1 amide bonds. The maximum absolute atomic E-state index is 12.6. The highest BCUT2D eigenvalue weighted by Crippen LogP contribution is 2.23. The first-order valence-electron chi connectivity index (χ1n) is 9.59. The molecule has 1 heterocycles. The zero-order chi connectivity index (χ0) is 22.1. The highest BCUT2D eigenvalue weighted by Gasteiger charge is 2.36. The molecule has 0 saturated heterocycles. The topological polar surface area (TPSA) is 72.9 Å². The second-order valence-electron chi connectivity index (χ2n) is 8.30. The quantitative estimate of drug-likeness (QED) is 0.358. The normalized spacial score (nSPS) is 16.4. The smallest absolute Gasteiger partial charge is 0.411 e. The first kappa shape index (κ1) is 22.0. The van der Waals surface area contributed by atoms with Gasteiger partial charge < -0.3 is 9.47 Å². The number of fused-ring (bicyclic) bond motifs is 1. The number of carbonyl (C=O) groups is 3. The van der Waals surface area contributed by atoms with Gasteiger partial charge in [-0.1, -0.05) is 45.8 Å². The Kier molecular flexibility index (Phi) is 6.31. The van der Waals surface area contributed by atoms with E-state index < -0.39 is 30.3 Å². The Bertz CT molecular complexity index is 1040. The van der Waals surface area contributed by atoms with Crippen LogP contribution in [0.2, 0.25) is 0 Å². The fourth-order valence-electron chi connectivity index (χ4n) is 3.17. The second kappa shape index (κ2) is 8.60. The van der Waals surface area contributed by atoms with Gasteiger partial charge in [-0.15, -0.1) is 0 Å². The van der Waals surface area contributed by atoms with Crippen LogP contribution in [-0.4, -0.2) is 47.5 Å². The summed E-state index contributed by atoms with van der Waals surface area (Å²) in [7, 11) is 0. The molecule has 0 saturated carbocycles. The molecule has 1 aliphatic rings. The van der Waals surface area contributed by atoms with E-state index in [-0.39, 0.29) is 12.3 Å². The number of nitrogens with zero attached hydrogens (tertiary/aromatic N) is 1.